The summed E-state index contributed by atoms with van der Waals surface area (Å²) in [6.07, 6.45) is -1.62. The summed E-state index contributed by atoms with van der Waals surface area (Å²) in [5, 5.41) is 8.30. The molecule has 6 nitrogen and oxygen atoms in total. The molecule has 0 unspecified atom stereocenters. The minimum absolute atomic E-state index is 0.134. The first-order valence-corrected chi connectivity index (χ1v) is 5.34. The van der Waals surface area contributed by atoms with Crippen LogP contribution in [-0.2, 0) is 10.0 Å². The van der Waals surface area contributed by atoms with Crippen LogP contribution in [0.5, 0.6) is 5.75 Å². The van der Waals surface area contributed by atoms with Crippen LogP contribution in [0.4, 0.5) is 4.79 Å². The maximum absolute atomic E-state index is 11.3. The fourth-order valence-corrected chi connectivity index (χ4v) is 1.77. The molecule has 0 aromatic heterocycles. The van der Waals surface area contributed by atoms with Crippen LogP contribution >= 0.6 is 0 Å². The van der Waals surface area contributed by atoms with Crippen LogP contribution in [0.3, 0.4) is 0 Å². The van der Waals surface area contributed by atoms with Crippen LogP contribution in [0, 0.1) is 0 Å². The lowest BCUT2D eigenvalue weighted by molar-refractivity contribution is 0.201. The first kappa shape index (κ1) is 11.3. The second-order valence-corrected chi connectivity index (χ2v) is 4.27. The molecule has 0 aliphatic rings. The Balaban J connectivity index is 3.01. The van der Waals surface area contributed by atoms with E-state index in [4.69, 9.17) is 9.84 Å². The lowest BCUT2D eigenvalue weighted by Gasteiger charge is -2.04. The van der Waals surface area contributed by atoms with E-state index in [2.05, 4.69) is 0 Å². The molecule has 82 valence electrons. The Kier molecular flexibility index (Phi) is 3.15. The number of hydrogen-bond donors (Lipinski definition) is 2. The zero-order chi connectivity index (χ0) is 11.5. The number of ether oxygens (including phenoxy) is 1. The number of sulfonamides is 1. The number of carbonyl (C=O) groups is 1. The third-order valence-electron chi connectivity index (χ3n) is 1.59. The molecule has 0 bridgehead atoms. The second kappa shape index (κ2) is 4.18. The molecule has 0 fully saturated rings. The molecule has 2 N–H and O–H groups in total. The average Bonchev–Trinajstić information content (AvgIpc) is 2.16. The van der Waals surface area contributed by atoms with Crippen molar-refractivity contribution in [1.29, 1.82) is 0 Å². The van der Waals surface area contributed by atoms with Crippen LogP contribution < -0.4 is 9.46 Å². The number of rotatable bonds is 3. The number of benzene rings is 1. The van der Waals surface area contributed by atoms with Crippen molar-refractivity contribution in [2.75, 3.05) is 7.11 Å². The van der Waals surface area contributed by atoms with Crippen molar-refractivity contribution in [3.8, 4) is 5.75 Å². The summed E-state index contributed by atoms with van der Waals surface area (Å²) < 4.78 is 28.9. The van der Waals surface area contributed by atoms with Gasteiger partial charge in [-0.25, -0.2) is 17.9 Å². The minimum atomic E-state index is -3.99. The van der Waals surface area contributed by atoms with Gasteiger partial charge in [0.1, 0.15) is 5.75 Å². The minimum Gasteiger partial charge on any atom is -0.497 e. The molecule has 0 aliphatic heterocycles. The molecule has 0 saturated heterocycles. The molecular weight excluding hydrogens is 222 g/mol. The van der Waals surface area contributed by atoms with Gasteiger partial charge in [0.25, 0.3) is 10.0 Å². The van der Waals surface area contributed by atoms with Crippen LogP contribution in [0.25, 0.3) is 0 Å². The van der Waals surface area contributed by atoms with Gasteiger partial charge in [0.2, 0.25) is 0 Å². The molecule has 1 rings (SSSR count). The van der Waals surface area contributed by atoms with Gasteiger partial charge < -0.3 is 9.84 Å². The third-order valence-corrected chi connectivity index (χ3v) is 2.93. The molecule has 1 aromatic carbocycles. The highest BCUT2D eigenvalue weighted by atomic mass is 32.2. The number of hydrogen-bond acceptors (Lipinski definition) is 4. The van der Waals surface area contributed by atoms with Crippen molar-refractivity contribution in [2.45, 2.75) is 4.90 Å². The molecule has 1 amide bonds. The Labute approximate surface area is 86.5 Å². The summed E-state index contributed by atoms with van der Waals surface area (Å²) in [6.45, 7) is 0. The molecule has 0 saturated carbocycles. The summed E-state index contributed by atoms with van der Waals surface area (Å²) in [4.78, 5) is 10.1. The molecule has 7 heteroatoms. The predicted octanol–water partition coefficient (Wildman–Crippen LogP) is 0.651. The van der Waals surface area contributed by atoms with E-state index in [0.717, 1.165) is 0 Å². The quantitative estimate of drug-likeness (QED) is 0.796. The van der Waals surface area contributed by atoms with E-state index >= 15 is 0 Å². The first-order valence-electron chi connectivity index (χ1n) is 3.85. The van der Waals surface area contributed by atoms with Crippen molar-refractivity contribution in [3.63, 3.8) is 0 Å². The molecule has 0 heterocycles. The van der Waals surface area contributed by atoms with E-state index in [0.29, 0.717) is 5.75 Å². The Morgan fingerprint density at radius 2 is 1.87 bits per heavy atom. The van der Waals surface area contributed by atoms with Crippen LogP contribution in [0.1, 0.15) is 0 Å². The molecule has 1 aromatic rings. The molecule has 0 spiro atoms. The van der Waals surface area contributed by atoms with E-state index < -0.39 is 16.1 Å². The van der Waals surface area contributed by atoms with E-state index in [9.17, 15) is 13.2 Å². The third kappa shape index (κ3) is 2.84. The molecular formula is C8H9NO5S. The van der Waals surface area contributed by atoms with Gasteiger partial charge in [0, 0.05) is 0 Å². The van der Waals surface area contributed by atoms with Crippen molar-refractivity contribution in [1.82, 2.24) is 4.72 Å². The fourth-order valence-electron chi connectivity index (χ4n) is 0.929. The zero-order valence-electron chi connectivity index (χ0n) is 7.80. The smallest absolute Gasteiger partial charge is 0.418 e. The van der Waals surface area contributed by atoms with E-state index in [1.54, 1.807) is 0 Å². The van der Waals surface area contributed by atoms with Crippen molar-refractivity contribution < 1.29 is 23.1 Å². The summed E-state index contributed by atoms with van der Waals surface area (Å²) in [6, 6.07) is 5.36. The molecule has 0 aliphatic carbocycles. The summed E-state index contributed by atoms with van der Waals surface area (Å²) >= 11 is 0. The predicted molar refractivity (Wildman–Crippen MR) is 51.3 cm³/mol. The number of nitrogens with one attached hydrogen (secondary N) is 1. The molecule has 0 atom stereocenters. The van der Waals surface area contributed by atoms with E-state index in [-0.39, 0.29) is 4.90 Å². The Bertz CT molecular complexity index is 450. The van der Waals surface area contributed by atoms with Gasteiger partial charge in [0.15, 0.2) is 0 Å². The Morgan fingerprint density at radius 1 is 1.33 bits per heavy atom. The monoisotopic (exact) mass is 231 g/mol. The highest BCUT2D eigenvalue weighted by Crippen LogP contribution is 2.14. The Hall–Kier alpha value is -1.76. The maximum atomic E-state index is 11.3. The van der Waals surface area contributed by atoms with Gasteiger partial charge in [-0.15, -0.1) is 0 Å². The van der Waals surface area contributed by atoms with Gasteiger partial charge in [-0.3, -0.25) is 0 Å². The van der Waals surface area contributed by atoms with Crippen molar-refractivity contribution in [2.24, 2.45) is 0 Å². The normalized spacial score (nSPS) is 10.7. The first-order chi connectivity index (χ1) is 6.95. The number of methoxy groups -OCH3 is 1. The maximum Gasteiger partial charge on any atom is 0.418 e. The van der Waals surface area contributed by atoms with Crippen LogP contribution in [-0.4, -0.2) is 26.7 Å². The van der Waals surface area contributed by atoms with Gasteiger partial charge in [-0.05, 0) is 24.3 Å². The van der Waals surface area contributed by atoms with Crippen molar-refractivity contribution in [3.05, 3.63) is 24.3 Å². The topological polar surface area (TPSA) is 92.7 Å². The number of carboxylic acid groups (broad SMARTS) is 1. The fraction of sp³-hybridized carbons (Fsp3) is 0.125. The zero-order valence-corrected chi connectivity index (χ0v) is 8.61. The van der Waals surface area contributed by atoms with Gasteiger partial charge in [0.05, 0.1) is 12.0 Å². The lowest BCUT2D eigenvalue weighted by Crippen LogP contribution is -2.28. The lowest BCUT2D eigenvalue weighted by atomic mass is 10.3. The summed E-state index contributed by atoms with van der Waals surface area (Å²) in [7, 11) is -2.55. The van der Waals surface area contributed by atoms with Gasteiger partial charge in [-0.1, -0.05) is 0 Å². The van der Waals surface area contributed by atoms with Gasteiger partial charge >= 0.3 is 6.09 Å². The molecule has 0 radical (unpaired) electrons. The van der Waals surface area contributed by atoms with E-state index in [1.165, 1.54) is 36.1 Å². The number of amides is 1. The second-order valence-electron chi connectivity index (χ2n) is 2.59. The largest absolute Gasteiger partial charge is 0.497 e. The van der Waals surface area contributed by atoms with Gasteiger partial charge in [-0.2, -0.15) is 0 Å². The summed E-state index contributed by atoms with van der Waals surface area (Å²) in [5.41, 5.74) is 0. The average molecular weight is 231 g/mol. The standard InChI is InChI=1S/C8H9NO5S/c1-14-6-2-4-7(5-3-6)15(12,13)9-8(10)11/h2-5,9H,1H3,(H,10,11). The highest BCUT2D eigenvalue weighted by Gasteiger charge is 2.16. The van der Waals surface area contributed by atoms with Crippen molar-refractivity contribution >= 4 is 16.1 Å². The SMILES string of the molecule is COc1ccc(S(=O)(=O)NC(=O)O)cc1. The van der Waals surface area contributed by atoms with E-state index in [1.807, 2.05) is 0 Å². The Morgan fingerprint density at radius 3 is 2.27 bits per heavy atom. The summed E-state index contributed by atoms with van der Waals surface area (Å²) in [5.74, 6) is 0.490. The van der Waals surface area contributed by atoms with Crippen LogP contribution in [0.2, 0.25) is 0 Å². The molecule has 15 heavy (non-hydrogen) atoms. The van der Waals surface area contributed by atoms with Crippen LogP contribution in [0.15, 0.2) is 29.2 Å². The highest BCUT2D eigenvalue weighted by molar-refractivity contribution is 7.90.